The molecule has 1 amide bonds. The summed E-state index contributed by atoms with van der Waals surface area (Å²) < 4.78 is 0. The van der Waals surface area contributed by atoms with Gasteiger partial charge < -0.3 is 11.1 Å². The molecule has 5 heteroatoms. The Labute approximate surface area is 100 Å². The van der Waals surface area contributed by atoms with E-state index < -0.39 is 0 Å². The number of unbranched alkanes of at least 4 members (excludes halogenated alkanes) is 1. The maximum absolute atomic E-state index is 10.5. The third-order valence-electron chi connectivity index (χ3n) is 2.38. The Morgan fingerprint density at radius 2 is 2.38 bits per heavy atom. The van der Waals surface area contributed by atoms with Crippen molar-refractivity contribution in [3.8, 4) is 0 Å². The molecule has 4 nitrogen and oxygen atoms in total. The van der Waals surface area contributed by atoms with Crippen LogP contribution in [0, 0.1) is 6.92 Å². The fraction of sp³-hybridized carbons (Fsp3) is 0.636. The van der Waals surface area contributed by atoms with Crippen molar-refractivity contribution in [2.45, 2.75) is 39.2 Å². The lowest BCUT2D eigenvalue weighted by atomic mass is 10.2. The number of amides is 1. The monoisotopic (exact) mass is 241 g/mol. The van der Waals surface area contributed by atoms with Crippen LogP contribution in [0.25, 0.3) is 0 Å². The molecule has 0 bridgehead atoms. The van der Waals surface area contributed by atoms with Gasteiger partial charge in [-0.2, -0.15) is 0 Å². The molecule has 0 saturated heterocycles. The Morgan fingerprint density at radius 3 is 2.94 bits per heavy atom. The lowest BCUT2D eigenvalue weighted by Crippen LogP contribution is -2.20. The fourth-order valence-electron chi connectivity index (χ4n) is 1.43. The molecule has 1 aromatic heterocycles. The molecule has 0 aromatic carbocycles. The summed E-state index contributed by atoms with van der Waals surface area (Å²) in [7, 11) is 0. The smallest absolute Gasteiger partial charge is 0.217 e. The second kappa shape index (κ2) is 6.60. The van der Waals surface area contributed by atoms with Gasteiger partial charge in [-0.15, -0.1) is 11.3 Å². The molecule has 0 saturated carbocycles. The number of carbonyl (C=O) groups is 1. The van der Waals surface area contributed by atoms with E-state index in [2.05, 4.69) is 22.6 Å². The van der Waals surface area contributed by atoms with Crippen molar-refractivity contribution < 1.29 is 4.79 Å². The predicted octanol–water partition coefficient (Wildman–Crippen LogP) is 1.76. The van der Waals surface area contributed by atoms with Crippen LogP contribution < -0.4 is 11.1 Å². The maximum Gasteiger partial charge on any atom is 0.217 e. The van der Waals surface area contributed by atoms with Gasteiger partial charge in [0.1, 0.15) is 0 Å². The lowest BCUT2D eigenvalue weighted by Gasteiger charge is -2.10. The lowest BCUT2D eigenvalue weighted by molar-refractivity contribution is -0.118. The van der Waals surface area contributed by atoms with E-state index in [0.29, 0.717) is 6.42 Å². The highest BCUT2D eigenvalue weighted by atomic mass is 32.1. The van der Waals surface area contributed by atoms with Gasteiger partial charge in [0.2, 0.25) is 5.91 Å². The number of nitrogens with one attached hydrogen (secondary N) is 1. The van der Waals surface area contributed by atoms with Gasteiger partial charge in [0.15, 0.2) is 0 Å². The third kappa shape index (κ3) is 4.72. The number of rotatable bonds is 7. The van der Waals surface area contributed by atoms with E-state index >= 15 is 0 Å². The molecule has 3 N–H and O–H groups in total. The van der Waals surface area contributed by atoms with E-state index in [1.54, 1.807) is 11.3 Å². The van der Waals surface area contributed by atoms with Crippen LogP contribution in [0.4, 0.5) is 0 Å². The molecule has 1 aromatic rings. The largest absolute Gasteiger partial charge is 0.370 e. The third-order valence-corrected chi connectivity index (χ3v) is 3.17. The molecule has 1 rings (SSSR count). The molecule has 0 aliphatic heterocycles. The normalized spacial score (nSPS) is 12.6. The molecular weight excluding hydrogens is 222 g/mol. The topological polar surface area (TPSA) is 68.0 Å². The van der Waals surface area contributed by atoms with Crippen molar-refractivity contribution in [1.82, 2.24) is 10.3 Å². The first-order chi connectivity index (χ1) is 7.59. The minimum atomic E-state index is -0.219. The minimum Gasteiger partial charge on any atom is -0.370 e. The summed E-state index contributed by atoms with van der Waals surface area (Å²) >= 11 is 1.67. The van der Waals surface area contributed by atoms with Crippen molar-refractivity contribution in [2.75, 3.05) is 6.54 Å². The molecule has 0 aliphatic rings. The SMILES string of the molecule is Cc1nc(C(C)NCCCCC(N)=O)cs1. The number of hydrogen-bond donors (Lipinski definition) is 2. The summed E-state index contributed by atoms with van der Waals surface area (Å²) in [5.74, 6) is -0.219. The molecule has 0 fully saturated rings. The van der Waals surface area contributed by atoms with Crippen molar-refractivity contribution in [2.24, 2.45) is 5.73 Å². The highest BCUT2D eigenvalue weighted by molar-refractivity contribution is 7.09. The van der Waals surface area contributed by atoms with Crippen molar-refractivity contribution in [1.29, 1.82) is 0 Å². The standard InChI is InChI=1S/C11H19N3OS/c1-8(10-7-16-9(2)14-10)13-6-4-3-5-11(12)15/h7-8,13H,3-6H2,1-2H3,(H2,12,15). The second-order valence-corrected chi connectivity index (χ2v) is 4.95. The number of nitrogens with two attached hydrogens (primary N) is 1. The van der Waals surface area contributed by atoms with Crippen LogP contribution in [-0.4, -0.2) is 17.4 Å². The highest BCUT2D eigenvalue weighted by Crippen LogP contribution is 2.15. The molecule has 1 heterocycles. The molecule has 1 unspecified atom stereocenters. The molecule has 0 radical (unpaired) electrons. The van der Waals surface area contributed by atoms with Crippen LogP contribution in [0.1, 0.15) is 42.9 Å². The van der Waals surface area contributed by atoms with Crippen molar-refractivity contribution in [3.63, 3.8) is 0 Å². The Kier molecular flexibility index (Phi) is 5.42. The summed E-state index contributed by atoms with van der Waals surface area (Å²) in [4.78, 5) is 14.9. The van der Waals surface area contributed by atoms with Gasteiger partial charge in [-0.3, -0.25) is 4.79 Å². The zero-order valence-corrected chi connectivity index (χ0v) is 10.6. The van der Waals surface area contributed by atoms with Gasteiger partial charge in [0, 0.05) is 17.8 Å². The highest BCUT2D eigenvalue weighted by Gasteiger charge is 2.07. The summed E-state index contributed by atoms with van der Waals surface area (Å²) in [5.41, 5.74) is 6.16. The summed E-state index contributed by atoms with van der Waals surface area (Å²) in [6.45, 7) is 5.00. The summed E-state index contributed by atoms with van der Waals surface area (Å²) in [6, 6.07) is 0.276. The van der Waals surface area contributed by atoms with Gasteiger partial charge in [-0.25, -0.2) is 4.98 Å². The first-order valence-electron chi connectivity index (χ1n) is 5.53. The summed E-state index contributed by atoms with van der Waals surface area (Å²) in [6.07, 6.45) is 2.30. The molecule has 0 spiro atoms. The molecule has 1 atom stereocenters. The second-order valence-electron chi connectivity index (χ2n) is 3.89. The van der Waals surface area contributed by atoms with E-state index in [1.165, 1.54) is 0 Å². The molecule has 16 heavy (non-hydrogen) atoms. The Bertz CT molecular complexity index is 338. The average molecular weight is 241 g/mol. The van der Waals surface area contributed by atoms with Crippen LogP contribution in [0.15, 0.2) is 5.38 Å². The Balaban J connectivity index is 2.15. The average Bonchev–Trinajstić information content (AvgIpc) is 2.63. The van der Waals surface area contributed by atoms with Gasteiger partial charge in [-0.1, -0.05) is 0 Å². The zero-order chi connectivity index (χ0) is 12.0. The van der Waals surface area contributed by atoms with Crippen LogP contribution >= 0.6 is 11.3 Å². The van der Waals surface area contributed by atoms with Crippen molar-refractivity contribution in [3.05, 3.63) is 16.1 Å². The fourth-order valence-corrected chi connectivity index (χ4v) is 2.13. The molecule has 0 aliphatic carbocycles. The molecular formula is C11H19N3OS. The van der Waals surface area contributed by atoms with Gasteiger partial charge in [-0.05, 0) is 33.2 Å². The van der Waals surface area contributed by atoms with Crippen molar-refractivity contribution >= 4 is 17.2 Å². The van der Waals surface area contributed by atoms with E-state index in [9.17, 15) is 4.79 Å². The van der Waals surface area contributed by atoms with Gasteiger partial charge >= 0.3 is 0 Å². The van der Waals surface area contributed by atoms with Gasteiger partial charge in [0.25, 0.3) is 0 Å². The summed E-state index contributed by atoms with van der Waals surface area (Å²) in [5, 5.41) is 6.55. The van der Waals surface area contributed by atoms with Crippen LogP contribution in [0.3, 0.4) is 0 Å². The quantitative estimate of drug-likeness (QED) is 0.715. The van der Waals surface area contributed by atoms with Crippen LogP contribution in [0.5, 0.6) is 0 Å². The maximum atomic E-state index is 10.5. The number of carbonyl (C=O) groups excluding carboxylic acids is 1. The first-order valence-corrected chi connectivity index (χ1v) is 6.41. The number of aromatic nitrogens is 1. The minimum absolute atomic E-state index is 0.219. The van der Waals surface area contributed by atoms with Crippen LogP contribution in [0.2, 0.25) is 0 Å². The Morgan fingerprint density at radius 1 is 1.62 bits per heavy atom. The number of nitrogens with zero attached hydrogens (tertiary/aromatic N) is 1. The number of aryl methyl sites for hydroxylation is 1. The van der Waals surface area contributed by atoms with E-state index in [4.69, 9.17) is 5.73 Å². The number of primary amides is 1. The predicted molar refractivity (Wildman–Crippen MR) is 66.3 cm³/mol. The zero-order valence-electron chi connectivity index (χ0n) is 9.82. The van der Waals surface area contributed by atoms with Crippen LogP contribution in [-0.2, 0) is 4.79 Å². The van der Waals surface area contributed by atoms with Gasteiger partial charge in [0.05, 0.1) is 10.7 Å². The Hall–Kier alpha value is -0.940. The first kappa shape index (κ1) is 13.1. The molecule has 90 valence electrons. The van der Waals surface area contributed by atoms with E-state index in [1.807, 2.05) is 6.92 Å². The van der Waals surface area contributed by atoms with E-state index in [0.717, 1.165) is 30.1 Å². The number of hydrogen-bond acceptors (Lipinski definition) is 4. The number of thiazole rings is 1. The van der Waals surface area contributed by atoms with E-state index in [-0.39, 0.29) is 11.9 Å².